The smallest absolute Gasteiger partial charge is 0.247 e. The monoisotopic (exact) mass is 509 g/mol. The summed E-state index contributed by atoms with van der Waals surface area (Å²) in [5.41, 5.74) is 3.37. The fraction of sp³-hybridized carbons (Fsp3) is 0.280. The molecule has 4 rings (SSSR count). The zero-order chi connectivity index (χ0) is 24.8. The van der Waals surface area contributed by atoms with Gasteiger partial charge in [-0.3, -0.25) is 14.4 Å². The normalized spacial score (nSPS) is 11.9. The maximum atomic E-state index is 13.0. The van der Waals surface area contributed by atoms with Gasteiger partial charge in [-0.2, -0.15) is 0 Å². The molecule has 0 saturated carbocycles. The number of thiazole rings is 1. The minimum absolute atomic E-state index is 0.0936. The van der Waals surface area contributed by atoms with Crippen molar-refractivity contribution in [2.24, 2.45) is 0 Å². The second-order valence-corrected chi connectivity index (χ2v) is 10.2. The Labute approximate surface area is 211 Å². The molecule has 0 spiro atoms. The molecular weight excluding hydrogens is 482 g/mol. The van der Waals surface area contributed by atoms with E-state index in [1.165, 1.54) is 23.1 Å². The zero-order valence-corrected chi connectivity index (χ0v) is 21.2. The van der Waals surface area contributed by atoms with Crippen LogP contribution in [0.15, 0.2) is 53.0 Å². The Balaban J connectivity index is 1.44. The average Bonchev–Trinajstić information content (AvgIpc) is 3.46. The number of thioether (sulfide) groups is 1. The molecule has 0 aliphatic carbocycles. The fourth-order valence-electron chi connectivity index (χ4n) is 3.89. The Kier molecular flexibility index (Phi) is 8.04. The Morgan fingerprint density at radius 3 is 2.77 bits per heavy atom. The number of hydrogen-bond donors (Lipinski definition) is 3. The third kappa shape index (κ3) is 5.83. The maximum absolute atomic E-state index is 13.0. The minimum atomic E-state index is -0.721. The lowest BCUT2D eigenvalue weighted by atomic mass is 10.0. The highest BCUT2D eigenvalue weighted by Gasteiger charge is 2.20. The molecule has 2 aromatic heterocycles. The number of carbonyl (C=O) groups excluding carboxylic acids is 3. The van der Waals surface area contributed by atoms with Gasteiger partial charge in [-0.25, -0.2) is 4.98 Å². The first-order chi connectivity index (χ1) is 17.0. The second kappa shape index (κ2) is 11.4. The van der Waals surface area contributed by atoms with E-state index in [-0.39, 0.29) is 11.8 Å². The van der Waals surface area contributed by atoms with E-state index < -0.39 is 6.04 Å². The molecule has 3 amide bonds. The van der Waals surface area contributed by atoms with Crippen LogP contribution in [-0.2, 0) is 20.8 Å². The predicted octanol–water partition coefficient (Wildman–Crippen LogP) is 4.03. The molecule has 2 heterocycles. The van der Waals surface area contributed by atoms with Crippen LogP contribution in [0, 0.1) is 0 Å². The van der Waals surface area contributed by atoms with Gasteiger partial charge in [0.05, 0.1) is 16.0 Å². The number of amides is 3. The summed E-state index contributed by atoms with van der Waals surface area (Å²) in [5.74, 6) is 0.139. The third-order valence-corrected chi connectivity index (χ3v) is 7.90. The lowest BCUT2D eigenvalue weighted by molar-refractivity contribution is -0.128. The molecule has 0 fully saturated rings. The van der Waals surface area contributed by atoms with Crippen molar-refractivity contribution < 1.29 is 14.4 Å². The SMILES string of the molecule is CCN(CC)C(=O)CSc1nc2ccc(NC(=O)C(Cc3c[nH]c4ccccc34)NC=O)cc2s1. The largest absolute Gasteiger partial charge is 0.361 e. The Hall–Kier alpha value is -3.37. The number of aromatic nitrogens is 2. The molecule has 0 aliphatic rings. The topological polar surface area (TPSA) is 107 Å². The van der Waals surface area contributed by atoms with E-state index in [1.807, 2.05) is 56.4 Å². The first-order valence-corrected chi connectivity index (χ1v) is 13.2. The molecule has 0 bridgehead atoms. The number of benzene rings is 2. The number of nitrogens with one attached hydrogen (secondary N) is 3. The van der Waals surface area contributed by atoms with Gasteiger partial charge in [-0.15, -0.1) is 11.3 Å². The summed E-state index contributed by atoms with van der Waals surface area (Å²) in [7, 11) is 0. The van der Waals surface area contributed by atoms with Gasteiger partial charge in [-0.05, 0) is 43.7 Å². The molecule has 0 radical (unpaired) electrons. The number of carbonyl (C=O) groups is 3. The highest BCUT2D eigenvalue weighted by Crippen LogP contribution is 2.31. The van der Waals surface area contributed by atoms with Gasteiger partial charge in [-0.1, -0.05) is 30.0 Å². The summed E-state index contributed by atoms with van der Waals surface area (Å²) in [5, 5.41) is 6.57. The molecule has 1 atom stereocenters. The third-order valence-electron chi connectivity index (χ3n) is 5.76. The van der Waals surface area contributed by atoms with Gasteiger partial charge >= 0.3 is 0 Å². The van der Waals surface area contributed by atoms with E-state index in [4.69, 9.17) is 0 Å². The van der Waals surface area contributed by atoms with Crippen molar-refractivity contribution in [3.05, 3.63) is 54.2 Å². The van der Waals surface area contributed by atoms with Gasteiger partial charge < -0.3 is 20.5 Å². The molecule has 3 N–H and O–H groups in total. The molecule has 0 aliphatic heterocycles. The molecule has 10 heteroatoms. The molecule has 4 aromatic rings. The number of anilines is 1. The van der Waals surface area contributed by atoms with Gasteiger partial charge in [0.25, 0.3) is 0 Å². The quantitative estimate of drug-likeness (QED) is 0.209. The van der Waals surface area contributed by atoms with Crippen molar-refractivity contribution in [2.45, 2.75) is 30.6 Å². The lowest BCUT2D eigenvalue weighted by Gasteiger charge is -2.17. The van der Waals surface area contributed by atoms with Gasteiger partial charge in [0.2, 0.25) is 18.2 Å². The van der Waals surface area contributed by atoms with Crippen LogP contribution in [-0.4, -0.2) is 58.0 Å². The average molecular weight is 510 g/mol. The second-order valence-electron chi connectivity index (χ2n) is 7.91. The van der Waals surface area contributed by atoms with E-state index in [0.717, 1.165) is 31.0 Å². The van der Waals surface area contributed by atoms with E-state index in [2.05, 4.69) is 20.6 Å². The van der Waals surface area contributed by atoms with Crippen molar-refractivity contribution in [2.75, 3.05) is 24.2 Å². The van der Waals surface area contributed by atoms with Gasteiger partial charge in [0.1, 0.15) is 6.04 Å². The van der Waals surface area contributed by atoms with Gasteiger partial charge in [0, 0.05) is 42.3 Å². The molecular formula is C25H27N5O3S2. The van der Waals surface area contributed by atoms with E-state index in [0.29, 0.717) is 37.4 Å². The highest BCUT2D eigenvalue weighted by molar-refractivity contribution is 8.01. The first-order valence-electron chi connectivity index (χ1n) is 11.4. The summed E-state index contributed by atoms with van der Waals surface area (Å²) >= 11 is 2.91. The number of fused-ring (bicyclic) bond motifs is 2. The molecule has 0 saturated heterocycles. The number of para-hydroxylation sites is 1. The summed E-state index contributed by atoms with van der Waals surface area (Å²) in [4.78, 5) is 46.1. The summed E-state index contributed by atoms with van der Waals surface area (Å²) in [6, 6.07) is 12.6. The van der Waals surface area contributed by atoms with E-state index in [1.54, 1.807) is 11.0 Å². The van der Waals surface area contributed by atoms with Crippen molar-refractivity contribution in [1.82, 2.24) is 20.2 Å². The van der Waals surface area contributed by atoms with E-state index in [9.17, 15) is 14.4 Å². The summed E-state index contributed by atoms with van der Waals surface area (Å²) < 4.78 is 1.72. The van der Waals surface area contributed by atoms with Crippen LogP contribution in [0.1, 0.15) is 19.4 Å². The van der Waals surface area contributed by atoms with E-state index >= 15 is 0 Å². The molecule has 35 heavy (non-hydrogen) atoms. The number of H-pyrrole nitrogens is 1. The number of rotatable bonds is 11. The molecule has 1 unspecified atom stereocenters. The maximum Gasteiger partial charge on any atom is 0.247 e. The number of hydrogen-bond acceptors (Lipinski definition) is 6. The summed E-state index contributed by atoms with van der Waals surface area (Å²) in [6.45, 7) is 5.32. The van der Waals surface area contributed by atoms with Crippen LogP contribution in [0.2, 0.25) is 0 Å². The van der Waals surface area contributed by atoms with Gasteiger partial charge in [0.15, 0.2) is 4.34 Å². The predicted molar refractivity (Wildman–Crippen MR) is 142 cm³/mol. The minimum Gasteiger partial charge on any atom is -0.361 e. The summed E-state index contributed by atoms with van der Waals surface area (Å²) in [6.07, 6.45) is 2.78. The highest BCUT2D eigenvalue weighted by atomic mass is 32.2. The van der Waals surface area contributed by atoms with Crippen LogP contribution in [0.5, 0.6) is 0 Å². The van der Waals surface area contributed by atoms with Crippen LogP contribution in [0.4, 0.5) is 5.69 Å². The number of nitrogens with zero attached hydrogens (tertiary/aromatic N) is 2. The molecule has 182 valence electrons. The van der Waals surface area contributed by atoms with Crippen LogP contribution >= 0.6 is 23.1 Å². The lowest BCUT2D eigenvalue weighted by Crippen LogP contribution is -2.41. The standard InChI is InChI=1S/C25H27N5O3S2/c1-3-30(4-2)23(32)14-34-25-29-20-10-9-17(12-22(20)35-25)28-24(33)21(27-15-31)11-16-13-26-19-8-6-5-7-18(16)19/h5-10,12-13,15,21,26H,3-4,11,14H2,1-2H3,(H,27,31)(H,28,33). The van der Waals surface area contributed by atoms with Crippen LogP contribution in [0.3, 0.4) is 0 Å². The zero-order valence-electron chi connectivity index (χ0n) is 19.5. The van der Waals surface area contributed by atoms with Crippen molar-refractivity contribution in [1.29, 1.82) is 0 Å². The fourth-order valence-corrected chi connectivity index (χ4v) is 5.90. The van der Waals surface area contributed by atoms with Crippen LogP contribution < -0.4 is 10.6 Å². The van der Waals surface area contributed by atoms with Crippen molar-refractivity contribution >= 4 is 68.1 Å². The van der Waals surface area contributed by atoms with Crippen molar-refractivity contribution in [3.8, 4) is 0 Å². The number of aromatic amines is 1. The first kappa shape index (κ1) is 24.7. The Morgan fingerprint density at radius 1 is 1.20 bits per heavy atom. The molecule has 2 aromatic carbocycles. The Morgan fingerprint density at radius 2 is 2.00 bits per heavy atom. The van der Waals surface area contributed by atoms with Crippen molar-refractivity contribution in [3.63, 3.8) is 0 Å². The van der Waals surface area contributed by atoms with Crippen LogP contribution in [0.25, 0.3) is 21.1 Å². The Bertz CT molecular complexity index is 1350. The molecule has 8 nitrogen and oxygen atoms in total.